The lowest BCUT2D eigenvalue weighted by molar-refractivity contribution is 0.101. The predicted octanol–water partition coefficient (Wildman–Crippen LogP) is 2.30. The number of carbonyl (C=O) groups is 1. The Kier molecular flexibility index (Phi) is 3.55. The number of methoxy groups -OCH3 is 1. The van der Waals surface area contributed by atoms with Gasteiger partial charge in [-0.3, -0.25) is 9.48 Å². The Balaban J connectivity index is 2.28. The third-order valence-electron chi connectivity index (χ3n) is 2.84. The summed E-state index contributed by atoms with van der Waals surface area (Å²) in [6.07, 6.45) is 0. The highest BCUT2D eigenvalue weighted by molar-refractivity contribution is 6.04. The molecule has 0 spiro atoms. The summed E-state index contributed by atoms with van der Waals surface area (Å²) in [7, 11) is 3.32. The van der Waals surface area contributed by atoms with Crippen molar-refractivity contribution in [2.24, 2.45) is 7.05 Å². The Morgan fingerprint density at radius 3 is 2.63 bits per heavy atom. The lowest BCUT2D eigenvalue weighted by atomic mass is 10.2. The summed E-state index contributed by atoms with van der Waals surface area (Å²) in [6, 6.07) is 7.39. The van der Waals surface area contributed by atoms with Gasteiger partial charge in [-0.25, -0.2) is 0 Å². The molecule has 1 heterocycles. The van der Waals surface area contributed by atoms with Crippen molar-refractivity contribution in [2.45, 2.75) is 13.8 Å². The van der Waals surface area contributed by atoms with Crippen molar-refractivity contribution in [3.63, 3.8) is 0 Å². The largest absolute Gasteiger partial charge is 0.495 e. The summed E-state index contributed by atoms with van der Waals surface area (Å²) in [5, 5.41) is 7.01. The standard InChI is InChI=1S/C14H17N3O2/c1-9-5-6-13(19-4)11(7-9)15-14(18)12-8-10(2)16-17(12)3/h5-8H,1-4H3,(H,15,18). The Hall–Kier alpha value is -2.30. The minimum atomic E-state index is -0.202. The van der Waals surface area contributed by atoms with E-state index in [1.54, 1.807) is 24.9 Å². The van der Waals surface area contributed by atoms with Crippen LogP contribution in [0.4, 0.5) is 5.69 Å². The molecule has 0 aliphatic rings. The number of rotatable bonds is 3. The molecule has 0 fully saturated rings. The molecule has 1 aromatic heterocycles. The van der Waals surface area contributed by atoms with Gasteiger partial charge < -0.3 is 10.1 Å². The first-order chi connectivity index (χ1) is 9.01. The van der Waals surface area contributed by atoms with Crippen molar-refractivity contribution < 1.29 is 9.53 Å². The SMILES string of the molecule is COc1ccc(C)cc1NC(=O)c1cc(C)nn1C. The summed E-state index contributed by atoms with van der Waals surface area (Å²) < 4.78 is 6.80. The van der Waals surface area contributed by atoms with Crippen LogP contribution in [0.3, 0.4) is 0 Å². The van der Waals surface area contributed by atoms with Crippen LogP contribution in [0.2, 0.25) is 0 Å². The van der Waals surface area contributed by atoms with Crippen molar-refractivity contribution in [2.75, 3.05) is 12.4 Å². The number of anilines is 1. The molecule has 2 aromatic rings. The van der Waals surface area contributed by atoms with Crippen LogP contribution in [0.1, 0.15) is 21.7 Å². The summed E-state index contributed by atoms with van der Waals surface area (Å²) in [6.45, 7) is 3.81. The molecule has 0 atom stereocenters. The summed E-state index contributed by atoms with van der Waals surface area (Å²) in [5.74, 6) is 0.435. The molecule has 1 amide bonds. The van der Waals surface area contributed by atoms with Gasteiger partial charge in [-0.05, 0) is 37.6 Å². The molecule has 2 rings (SSSR count). The van der Waals surface area contributed by atoms with E-state index in [0.717, 1.165) is 11.3 Å². The van der Waals surface area contributed by atoms with Gasteiger partial charge in [0.15, 0.2) is 0 Å². The number of nitrogens with one attached hydrogen (secondary N) is 1. The average Bonchev–Trinajstić information content (AvgIpc) is 2.69. The number of aromatic nitrogens is 2. The second-order valence-electron chi connectivity index (χ2n) is 4.45. The van der Waals surface area contributed by atoms with Crippen LogP contribution in [0.25, 0.3) is 0 Å². The first-order valence-electron chi connectivity index (χ1n) is 5.98. The molecule has 0 saturated carbocycles. The Morgan fingerprint density at radius 2 is 2.05 bits per heavy atom. The lowest BCUT2D eigenvalue weighted by Gasteiger charge is -2.10. The van der Waals surface area contributed by atoms with E-state index in [2.05, 4.69) is 10.4 Å². The van der Waals surface area contributed by atoms with Crippen molar-refractivity contribution in [1.82, 2.24) is 9.78 Å². The van der Waals surface area contributed by atoms with Crippen LogP contribution in [0, 0.1) is 13.8 Å². The van der Waals surface area contributed by atoms with E-state index in [9.17, 15) is 4.79 Å². The Bertz CT molecular complexity index is 617. The maximum atomic E-state index is 12.2. The lowest BCUT2D eigenvalue weighted by Crippen LogP contribution is -2.16. The zero-order valence-electron chi connectivity index (χ0n) is 11.5. The van der Waals surface area contributed by atoms with Crippen molar-refractivity contribution in [3.05, 3.63) is 41.2 Å². The number of hydrogen-bond acceptors (Lipinski definition) is 3. The molecule has 1 N–H and O–H groups in total. The highest BCUT2D eigenvalue weighted by Gasteiger charge is 2.14. The number of aryl methyl sites for hydroxylation is 3. The van der Waals surface area contributed by atoms with Crippen LogP contribution in [-0.2, 0) is 7.05 Å². The maximum absolute atomic E-state index is 12.2. The van der Waals surface area contributed by atoms with E-state index in [0.29, 0.717) is 17.1 Å². The quantitative estimate of drug-likeness (QED) is 0.920. The Labute approximate surface area is 112 Å². The van der Waals surface area contributed by atoms with E-state index >= 15 is 0 Å². The van der Waals surface area contributed by atoms with Crippen molar-refractivity contribution >= 4 is 11.6 Å². The number of carbonyl (C=O) groups excluding carboxylic acids is 1. The van der Waals surface area contributed by atoms with Gasteiger partial charge in [0.1, 0.15) is 11.4 Å². The molecule has 0 aliphatic carbocycles. The minimum Gasteiger partial charge on any atom is -0.495 e. The molecule has 5 nitrogen and oxygen atoms in total. The highest BCUT2D eigenvalue weighted by atomic mass is 16.5. The molecular weight excluding hydrogens is 242 g/mol. The van der Waals surface area contributed by atoms with Gasteiger partial charge in [-0.1, -0.05) is 6.07 Å². The number of ether oxygens (including phenoxy) is 1. The fourth-order valence-electron chi connectivity index (χ4n) is 1.93. The summed E-state index contributed by atoms with van der Waals surface area (Å²) in [5.41, 5.74) is 3.04. The smallest absolute Gasteiger partial charge is 0.274 e. The number of hydrogen-bond donors (Lipinski definition) is 1. The molecule has 19 heavy (non-hydrogen) atoms. The average molecular weight is 259 g/mol. The maximum Gasteiger partial charge on any atom is 0.274 e. The molecule has 0 aliphatic heterocycles. The van der Waals surface area contributed by atoms with Gasteiger partial charge in [-0.15, -0.1) is 0 Å². The van der Waals surface area contributed by atoms with Crippen LogP contribution in [0.15, 0.2) is 24.3 Å². The van der Waals surface area contributed by atoms with Gasteiger partial charge in [0.05, 0.1) is 18.5 Å². The molecular formula is C14H17N3O2. The zero-order valence-corrected chi connectivity index (χ0v) is 11.5. The topological polar surface area (TPSA) is 56.1 Å². The van der Waals surface area contributed by atoms with E-state index in [-0.39, 0.29) is 5.91 Å². The van der Waals surface area contributed by atoms with Gasteiger partial charge in [0.2, 0.25) is 0 Å². The van der Waals surface area contributed by atoms with Crippen LogP contribution in [0.5, 0.6) is 5.75 Å². The van der Waals surface area contributed by atoms with Gasteiger partial charge in [0, 0.05) is 7.05 Å². The van der Waals surface area contributed by atoms with E-state index in [1.165, 1.54) is 0 Å². The number of nitrogens with zero attached hydrogens (tertiary/aromatic N) is 2. The molecule has 0 radical (unpaired) electrons. The van der Waals surface area contributed by atoms with Crippen molar-refractivity contribution in [3.8, 4) is 5.75 Å². The molecule has 0 bridgehead atoms. The molecule has 100 valence electrons. The van der Waals surface area contributed by atoms with E-state index in [4.69, 9.17) is 4.74 Å². The van der Waals surface area contributed by atoms with Crippen LogP contribution >= 0.6 is 0 Å². The first-order valence-corrected chi connectivity index (χ1v) is 5.98. The fourth-order valence-corrected chi connectivity index (χ4v) is 1.93. The third kappa shape index (κ3) is 2.76. The van der Waals surface area contributed by atoms with Gasteiger partial charge in [0.25, 0.3) is 5.91 Å². The van der Waals surface area contributed by atoms with Gasteiger partial charge >= 0.3 is 0 Å². The molecule has 0 unspecified atom stereocenters. The second-order valence-corrected chi connectivity index (χ2v) is 4.45. The minimum absolute atomic E-state index is 0.202. The predicted molar refractivity (Wildman–Crippen MR) is 73.6 cm³/mol. The normalized spacial score (nSPS) is 10.3. The zero-order chi connectivity index (χ0) is 14.0. The molecule has 1 aromatic carbocycles. The summed E-state index contributed by atoms with van der Waals surface area (Å²) in [4.78, 5) is 12.2. The van der Waals surface area contributed by atoms with Crippen LogP contribution < -0.4 is 10.1 Å². The van der Waals surface area contributed by atoms with Crippen molar-refractivity contribution in [1.29, 1.82) is 0 Å². The molecule has 5 heteroatoms. The van der Waals surface area contributed by atoms with E-state index in [1.807, 2.05) is 32.0 Å². The monoisotopic (exact) mass is 259 g/mol. The highest BCUT2D eigenvalue weighted by Crippen LogP contribution is 2.25. The first kappa shape index (κ1) is 13.1. The second kappa shape index (κ2) is 5.14. The third-order valence-corrected chi connectivity index (χ3v) is 2.84. The van der Waals surface area contributed by atoms with E-state index < -0.39 is 0 Å². The van der Waals surface area contributed by atoms with Gasteiger partial charge in [-0.2, -0.15) is 5.10 Å². The fraction of sp³-hybridized carbons (Fsp3) is 0.286. The molecule has 0 saturated heterocycles. The number of benzene rings is 1. The summed E-state index contributed by atoms with van der Waals surface area (Å²) >= 11 is 0. The van der Waals surface area contributed by atoms with Crippen LogP contribution in [-0.4, -0.2) is 22.8 Å². The number of amides is 1. The Morgan fingerprint density at radius 1 is 1.32 bits per heavy atom.